The van der Waals surface area contributed by atoms with Crippen LogP contribution in [0.4, 0.5) is 18.0 Å². The summed E-state index contributed by atoms with van der Waals surface area (Å²) < 4.78 is 72.4. The van der Waals surface area contributed by atoms with Crippen molar-refractivity contribution in [1.82, 2.24) is 19.1 Å². The second-order valence-electron chi connectivity index (χ2n) is 4.65. The topological polar surface area (TPSA) is 122 Å². The van der Waals surface area contributed by atoms with Crippen LogP contribution in [-0.2, 0) is 17.1 Å². The van der Waals surface area contributed by atoms with Crippen LogP contribution < -0.4 is 19.9 Å². The Morgan fingerprint density at radius 3 is 2.37 bits per heavy atom. The van der Waals surface area contributed by atoms with E-state index in [1.807, 2.05) is 0 Å². The van der Waals surface area contributed by atoms with E-state index in [1.165, 1.54) is 11.8 Å². The number of amides is 1. The molecule has 0 aliphatic rings. The van der Waals surface area contributed by atoms with Gasteiger partial charge in [0.1, 0.15) is 10.6 Å². The SMILES string of the molecule is COc1nn(C(=O)NS(=O)(=O)c2ccccc2OC(F)(F)F)c(=O)n1C.[Na]. The molecule has 1 aromatic carbocycles. The van der Waals surface area contributed by atoms with E-state index in [0.717, 1.165) is 35.9 Å². The van der Waals surface area contributed by atoms with Crippen molar-refractivity contribution in [2.45, 2.75) is 11.3 Å². The Morgan fingerprint density at radius 1 is 1.26 bits per heavy atom. The van der Waals surface area contributed by atoms with E-state index in [2.05, 4.69) is 9.84 Å². The van der Waals surface area contributed by atoms with Gasteiger partial charge in [-0.3, -0.25) is 0 Å². The molecule has 0 aliphatic heterocycles. The minimum absolute atomic E-state index is 0. The van der Waals surface area contributed by atoms with Crippen LogP contribution in [0.1, 0.15) is 0 Å². The molecule has 1 radical (unpaired) electrons. The number of methoxy groups -OCH3 is 1. The summed E-state index contributed by atoms with van der Waals surface area (Å²) in [4.78, 5) is 22.9. The van der Waals surface area contributed by atoms with Gasteiger partial charge >= 0.3 is 24.1 Å². The Morgan fingerprint density at radius 2 is 1.85 bits per heavy atom. The average molecular weight is 419 g/mol. The fourth-order valence-corrected chi connectivity index (χ4v) is 2.88. The molecule has 2 rings (SSSR count). The van der Waals surface area contributed by atoms with Crippen LogP contribution >= 0.6 is 0 Å². The zero-order valence-electron chi connectivity index (χ0n) is 14.1. The molecule has 1 amide bonds. The summed E-state index contributed by atoms with van der Waals surface area (Å²) in [7, 11) is -2.45. The fourth-order valence-electron chi connectivity index (χ4n) is 1.82. The summed E-state index contributed by atoms with van der Waals surface area (Å²) in [5, 5.41) is 3.44. The van der Waals surface area contributed by atoms with Gasteiger partial charge in [-0.05, 0) is 12.1 Å². The average Bonchev–Trinajstić information content (AvgIpc) is 2.81. The maximum absolute atomic E-state index is 12.4. The Kier molecular flexibility index (Phi) is 7.10. The zero-order chi connectivity index (χ0) is 19.7. The normalized spacial score (nSPS) is 11.4. The van der Waals surface area contributed by atoms with Gasteiger partial charge in [-0.1, -0.05) is 12.1 Å². The first kappa shape index (κ1) is 23.0. The van der Waals surface area contributed by atoms with Crippen molar-refractivity contribution in [3.8, 4) is 11.8 Å². The number of nitrogens with one attached hydrogen (secondary N) is 1. The number of sulfonamides is 1. The fraction of sp³-hybridized carbons (Fsp3) is 0.250. The molecule has 0 spiro atoms. The number of nitrogens with zero attached hydrogens (tertiary/aromatic N) is 3. The predicted octanol–water partition coefficient (Wildman–Crippen LogP) is 0.0548. The third kappa shape index (κ3) is 5.24. The molecule has 27 heavy (non-hydrogen) atoms. The maximum atomic E-state index is 12.4. The van der Waals surface area contributed by atoms with Crippen LogP contribution in [-0.4, -0.2) is 71.8 Å². The number of halogens is 3. The van der Waals surface area contributed by atoms with E-state index in [9.17, 15) is 31.2 Å². The number of ether oxygens (including phenoxy) is 2. The number of alkyl halides is 3. The molecule has 0 aliphatic carbocycles. The molecule has 0 unspecified atom stereocenters. The molecule has 1 heterocycles. The van der Waals surface area contributed by atoms with Crippen LogP contribution in [0.25, 0.3) is 0 Å². The Labute approximate surface area is 172 Å². The zero-order valence-corrected chi connectivity index (χ0v) is 17.0. The van der Waals surface area contributed by atoms with Crippen LogP contribution in [0.15, 0.2) is 34.0 Å². The Balaban J connectivity index is 0.00000364. The van der Waals surface area contributed by atoms with Crippen LogP contribution in [0.5, 0.6) is 11.8 Å². The molecule has 0 saturated carbocycles. The van der Waals surface area contributed by atoms with Gasteiger partial charge in [-0.15, -0.1) is 23.0 Å². The number of rotatable bonds is 4. The molecular formula is C12H11F3N4NaO6S. The van der Waals surface area contributed by atoms with Gasteiger partial charge in [0.2, 0.25) is 0 Å². The molecule has 0 saturated heterocycles. The molecule has 1 aromatic heterocycles. The minimum Gasteiger partial charge on any atom is -0.467 e. The van der Waals surface area contributed by atoms with Gasteiger partial charge in [0.25, 0.3) is 10.0 Å². The van der Waals surface area contributed by atoms with E-state index in [0.29, 0.717) is 0 Å². The maximum Gasteiger partial charge on any atom is 0.573 e. The molecule has 0 atom stereocenters. The van der Waals surface area contributed by atoms with E-state index in [4.69, 9.17) is 4.74 Å². The number of carbonyl (C=O) groups is 1. The van der Waals surface area contributed by atoms with E-state index < -0.39 is 38.8 Å². The number of carbonyl (C=O) groups excluding carboxylic acids is 1. The summed E-state index contributed by atoms with van der Waals surface area (Å²) in [5.41, 5.74) is -1.03. The van der Waals surface area contributed by atoms with Crippen LogP contribution in [0.3, 0.4) is 0 Å². The number of para-hydroxylation sites is 1. The van der Waals surface area contributed by atoms with Gasteiger partial charge < -0.3 is 9.47 Å². The number of benzene rings is 1. The molecule has 1 N–H and O–H groups in total. The summed E-state index contributed by atoms with van der Waals surface area (Å²) >= 11 is 0. The predicted molar refractivity (Wildman–Crippen MR) is 84.0 cm³/mol. The summed E-state index contributed by atoms with van der Waals surface area (Å²) in [5.74, 6) is -1.05. The quantitative estimate of drug-likeness (QED) is 0.696. The van der Waals surface area contributed by atoms with E-state index in [1.54, 1.807) is 0 Å². The van der Waals surface area contributed by atoms with Crippen molar-refractivity contribution in [3.63, 3.8) is 0 Å². The van der Waals surface area contributed by atoms with Crippen molar-refractivity contribution >= 4 is 45.6 Å². The first-order valence-corrected chi connectivity index (χ1v) is 8.06. The minimum atomic E-state index is -5.15. The van der Waals surface area contributed by atoms with Crippen molar-refractivity contribution in [1.29, 1.82) is 0 Å². The number of hydrogen-bond acceptors (Lipinski definition) is 7. The van der Waals surface area contributed by atoms with Gasteiger partial charge in [0.05, 0.1) is 7.11 Å². The molecule has 143 valence electrons. The van der Waals surface area contributed by atoms with Gasteiger partial charge in [0, 0.05) is 36.6 Å². The van der Waals surface area contributed by atoms with Crippen molar-refractivity contribution in [3.05, 3.63) is 34.7 Å². The molecular weight excluding hydrogens is 408 g/mol. The second-order valence-corrected chi connectivity index (χ2v) is 6.30. The summed E-state index contributed by atoms with van der Waals surface area (Å²) in [6, 6.07) is 1.97. The van der Waals surface area contributed by atoms with Crippen molar-refractivity contribution in [2.24, 2.45) is 7.05 Å². The largest absolute Gasteiger partial charge is 0.573 e. The molecule has 0 fully saturated rings. The summed E-state index contributed by atoms with van der Waals surface area (Å²) in [6.45, 7) is 0. The monoisotopic (exact) mass is 419 g/mol. The third-order valence-electron chi connectivity index (χ3n) is 2.90. The third-order valence-corrected chi connectivity index (χ3v) is 4.26. The first-order valence-electron chi connectivity index (χ1n) is 6.58. The molecule has 0 bridgehead atoms. The number of hydrogen-bond donors (Lipinski definition) is 1. The Bertz CT molecular complexity index is 1000. The van der Waals surface area contributed by atoms with Crippen molar-refractivity contribution < 1.29 is 35.9 Å². The van der Waals surface area contributed by atoms with Gasteiger partial charge in [0.15, 0.2) is 0 Å². The summed E-state index contributed by atoms with van der Waals surface area (Å²) in [6.07, 6.45) is -5.15. The van der Waals surface area contributed by atoms with Crippen LogP contribution in [0, 0.1) is 0 Å². The number of aromatic nitrogens is 3. The molecule has 2 aromatic rings. The van der Waals surface area contributed by atoms with Gasteiger partial charge in [-0.2, -0.15) is 0 Å². The van der Waals surface area contributed by atoms with Crippen LogP contribution in [0.2, 0.25) is 0 Å². The van der Waals surface area contributed by atoms with Gasteiger partial charge in [-0.25, -0.2) is 27.3 Å². The first-order chi connectivity index (χ1) is 12.0. The molecule has 10 nitrogen and oxygen atoms in total. The molecule has 15 heteroatoms. The van der Waals surface area contributed by atoms with Crippen molar-refractivity contribution in [2.75, 3.05) is 7.11 Å². The Hall–Kier alpha value is -2.03. The van der Waals surface area contributed by atoms with E-state index in [-0.39, 0.29) is 40.2 Å². The van der Waals surface area contributed by atoms with E-state index >= 15 is 0 Å². The smallest absolute Gasteiger partial charge is 0.467 e. The standard InChI is InChI=1S/C12H11F3N4O6S.Na/c1-18-10(24-2)16-19(11(18)21)9(20)17-26(22,23)8-6-4-3-5-7(8)25-12(13,14)15;/h3-6H,1-2H3,(H,17,20);. The second kappa shape index (κ2) is 8.33.